The maximum absolute atomic E-state index is 9.95. The lowest BCUT2D eigenvalue weighted by Gasteiger charge is -1.84. The molecule has 0 fully saturated rings. The van der Waals surface area contributed by atoms with E-state index in [1.807, 2.05) is 0 Å². The summed E-state index contributed by atoms with van der Waals surface area (Å²) in [7, 11) is 0. The van der Waals surface area contributed by atoms with Crippen molar-refractivity contribution in [1.29, 1.82) is 0 Å². The van der Waals surface area contributed by atoms with E-state index in [2.05, 4.69) is 31.9 Å². The van der Waals surface area contributed by atoms with Crippen LogP contribution in [0.4, 0.5) is 0 Å². The molecule has 0 aliphatic heterocycles. The molecule has 0 aliphatic rings. The monoisotopic (exact) mass is 242 g/mol. The number of rotatable bonds is 2. The molecule has 0 aromatic carbocycles. The first-order valence-electron chi connectivity index (χ1n) is 1.83. The Bertz CT molecular complexity index is 119. The van der Waals surface area contributed by atoms with Crippen molar-refractivity contribution in [3.8, 4) is 0 Å². The van der Waals surface area contributed by atoms with Gasteiger partial charge in [-0.3, -0.25) is 0 Å². The van der Waals surface area contributed by atoms with E-state index in [-0.39, 0.29) is 4.48 Å². The number of hydrogen-bond donors (Lipinski definition) is 1. The molecule has 0 radical (unpaired) electrons. The third-order valence-electron chi connectivity index (χ3n) is 0.461. The van der Waals surface area contributed by atoms with E-state index in [9.17, 15) is 4.79 Å². The summed E-state index contributed by atoms with van der Waals surface area (Å²) in [5, 5.41) is 8.73. The molecule has 4 heteroatoms. The van der Waals surface area contributed by atoms with Gasteiger partial charge >= 0.3 is 5.97 Å². The predicted octanol–water partition coefficient (Wildman–Crippen LogP) is 1.74. The molecule has 0 amide bonds. The van der Waals surface area contributed by atoms with Gasteiger partial charge in [-0.25, -0.2) is 4.79 Å². The molecule has 8 heavy (non-hydrogen) atoms. The Kier molecular flexibility index (Phi) is 4.18. The predicted molar refractivity (Wildman–Crippen MR) is 38.4 cm³/mol. The second kappa shape index (κ2) is 4.09. The SMILES string of the molecule is O=C(O)C(Br)=CCBr. The highest BCUT2D eigenvalue weighted by molar-refractivity contribution is 9.12. The number of carboxylic acid groups (broad SMARTS) is 1. The number of carbonyl (C=O) groups is 1. The Morgan fingerprint density at radius 3 is 2.38 bits per heavy atom. The average Bonchev–Trinajstić information content (AvgIpc) is 1.67. The summed E-state index contributed by atoms with van der Waals surface area (Å²) in [6, 6.07) is 0. The lowest BCUT2D eigenvalue weighted by molar-refractivity contribution is -0.131. The van der Waals surface area contributed by atoms with Crippen LogP contribution in [0.1, 0.15) is 0 Å². The lowest BCUT2D eigenvalue weighted by Crippen LogP contribution is -1.92. The number of hydrogen-bond acceptors (Lipinski definition) is 1. The van der Waals surface area contributed by atoms with Crippen LogP contribution < -0.4 is 0 Å². The summed E-state index contributed by atoms with van der Waals surface area (Å²) >= 11 is 5.88. The van der Waals surface area contributed by atoms with Crippen LogP contribution in [-0.2, 0) is 4.79 Å². The minimum absolute atomic E-state index is 0.189. The van der Waals surface area contributed by atoms with E-state index in [1.165, 1.54) is 6.08 Å². The molecular weight excluding hydrogens is 240 g/mol. The fourth-order valence-electron chi connectivity index (χ4n) is 0.155. The summed E-state index contributed by atoms with van der Waals surface area (Å²) in [6.07, 6.45) is 1.52. The van der Waals surface area contributed by atoms with E-state index in [0.717, 1.165) is 0 Å². The zero-order chi connectivity index (χ0) is 6.57. The van der Waals surface area contributed by atoms with Crippen LogP contribution >= 0.6 is 31.9 Å². The van der Waals surface area contributed by atoms with Gasteiger partial charge in [0.15, 0.2) is 0 Å². The summed E-state index contributed by atoms with van der Waals surface area (Å²) in [6.45, 7) is 0. The van der Waals surface area contributed by atoms with Crippen molar-refractivity contribution in [1.82, 2.24) is 0 Å². The van der Waals surface area contributed by atoms with Gasteiger partial charge in [0, 0.05) is 5.33 Å². The first-order chi connectivity index (χ1) is 3.68. The normalized spacial score (nSPS) is 11.5. The van der Waals surface area contributed by atoms with Crippen molar-refractivity contribution in [2.24, 2.45) is 0 Å². The Balaban J connectivity index is 3.80. The van der Waals surface area contributed by atoms with Crippen molar-refractivity contribution in [2.45, 2.75) is 0 Å². The second-order valence-corrected chi connectivity index (χ2v) is 2.51. The van der Waals surface area contributed by atoms with Crippen LogP contribution in [0.15, 0.2) is 10.6 Å². The van der Waals surface area contributed by atoms with Gasteiger partial charge in [-0.15, -0.1) is 0 Å². The Hall–Kier alpha value is 0.170. The summed E-state index contributed by atoms with van der Waals surface area (Å²) in [5.74, 6) is -0.940. The number of allylic oxidation sites excluding steroid dienone is 1. The van der Waals surface area contributed by atoms with Gasteiger partial charge in [-0.05, 0) is 15.9 Å². The maximum Gasteiger partial charge on any atom is 0.342 e. The Morgan fingerprint density at radius 2 is 2.25 bits per heavy atom. The molecule has 0 spiro atoms. The van der Waals surface area contributed by atoms with Gasteiger partial charge in [0.2, 0.25) is 0 Å². The van der Waals surface area contributed by atoms with Gasteiger partial charge in [-0.1, -0.05) is 22.0 Å². The topological polar surface area (TPSA) is 37.3 Å². The number of halogens is 2. The van der Waals surface area contributed by atoms with Crippen molar-refractivity contribution in [3.63, 3.8) is 0 Å². The summed E-state index contributed by atoms with van der Waals surface area (Å²) in [5.41, 5.74) is 0. The molecule has 0 unspecified atom stereocenters. The molecular formula is C4H4Br2O2. The molecule has 46 valence electrons. The molecule has 0 atom stereocenters. The highest BCUT2D eigenvalue weighted by Gasteiger charge is 1.98. The van der Waals surface area contributed by atoms with Crippen LogP contribution in [0, 0.1) is 0 Å². The molecule has 1 N–H and O–H groups in total. The molecule has 0 saturated heterocycles. The Labute approximate surface area is 63.8 Å². The van der Waals surface area contributed by atoms with E-state index >= 15 is 0 Å². The minimum Gasteiger partial charge on any atom is -0.477 e. The van der Waals surface area contributed by atoms with Crippen LogP contribution in [0.25, 0.3) is 0 Å². The van der Waals surface area contributed by atoms with Gasteiger partial charge in [-0.2, -0.15) is 0 Å². The smallest absolute Gasteiger partial charge is 0.342 e. The largest absolute Gasteiger partial charge is 0.477 e. The highest BCUT2D eigenvalue weighted by Crippen LogP contribution is 2.04. The Morgan fingerprint density at radius 1 is 1.75 bits per heavy atom. The summed E-state index contributed by atoms with van der Waals surface area (Å²) < 4.78 is 0.189. The maximum atomic E-state index is 9.95. The zero-order valence-electron chi connectivity index (χ0n) is 3.90. The van der Waals surface area contributed by atoms with Crippen LogP contribution in [0.2, 0.25) is 0 Å². The third-order valence-corrected chi connectivity index (χ3v) is 1.45. The van der Waals surface area contributed by atoms with Gasteiger partial charge in [0.25, 0.3) is 0 Å². The van der Waals surface area contributed by atoms with Gasteiger partial charge in [0.1, 0.15) is 0 Å². The first kappa shape index (κ1) is 8.17. The molecule has 2 nitrogen and oxygen atoms in total. The van der Waals surface area contributed by atoms with Gasteiger partial charge in [0.05, 0.1) is 4.48 Å². The van der Waals surface area contributed by atoms with Gasteiger partial charge < -0.3 is 5.11 Å². The molecule has 0 heterocycles. The molecule has 0 aromatic rings. The zero-order valence-corrected chi connectivity index (χ0v) is 7.07. The highest BCUT2D eigenvalue weighted by atomic mass is 79.9. The standard InChI is InChI=1S/C4H4Br2O2/c5-2-1-3(6)4(7)8/h1H,2H2,(H,7,8). The molecule has 0 aromatic heterocycles. The van der Waals surface area contributed by atoms with E-state index in [0.29, 0.717) is 5.33 Å². The number of aliphatic carboxylic acids is 1. The molecule has 0 saturated carbocycles. The van der Waals surface area contributed by atoms with Crippen molar-refractivity contribution in [2.75, 3.05) is 5.33 Å². The lowest BCUT2D eigenvalue weighted by atomic mass is 10.5. The molecule has 0 aliphatic carbocycles. The second-order valence-electron chi connectivity index (χ2n) is 1.01. The van der Waals surface area contributed by atoms with Crippen LogP contribution in [0.3, 0.4) is 0 Å². The number of alkyl halides is 1. The van der Waals surface area contributed by atoms with Crippen molar-refractivity contribution in [3.05, 3.63) is 10.6 Å². The average molecular weight is 244 g/mol. The van der Waals surface area contributed by atoms with Crippen molar-refractivity contribution < 1.29 is 9.90 Å². The third kappa shape index (κ3) is 3.21. The fraction of sp³-hybridized carbons (Fsp3) is 0.250. The summed E-state index contributed by atoms with van der Waals surface area (Å²) in [4.78, 5) is 9.95. The fourth-order valence-corrected chi connectivity index (χ4v) is 1.08. The first-order valence-corrected chi connectivity index (χ1v) is 3.75. The van der Waals surface area contributed by atoms with Crippen LogP contribution in [-0.4, -0.2) is 16.4 Å². The van der Waals surface area contributed by atoms with Crippen molar-refractivity contribution >= 4 is 37.8 Å². The van der Waals surface area contributed by atoms with E-state index in [4.69, 9.17) is 5.11 Å². The molecule has 0 rings (SSSR count). The van der Waals surface area contributed by atoms with E-state index in [1.54, 1.807) is 0 Å². The minimum atomic E-state index is -0.940. The quantitative estimate of drug-likeness (QED) is 0.593. The molecule has 0 bridgehead atoms. The number of carboxylic acids is 1. The van der Waals surface area contributed by atoms with Crippen LogP contribution in [0.5, 0.6) is 0 Å². The van der Waals surface area contributed by atoms with E-state index < -0.39 is 5.97 Å².